The number of nitrogens with zero attached hydrogens (tertiary/aromatic N) is 2. The van der Waals surface area contributed by atoms with Gasteiger partial charge in [-0.15, -0.1) is 0 Å². The van der Waals surface area contributed by atoms with Crippen LogP contribution < -0.4 is 4.74 Å². The Hall–Kier alpha value is -2.92. The van der Waals surface area contributed by atoms with Crippen LogP contribution in [0.1, 0.15) is 30.9 Å². The number of rotatable bonds is 9. The van der Waals surface area contributed by atoms with Crippen molar-refractivity contribution in [1.29, 1.82) is 0 Å². The Balaban J connectivity index is 1.58. The number of hydrogen-bond acceptors (Lipinski definition) is 4. The molecule has 2 atom stereocenters. The van der Waals surface area contributed by atoms with Crippen LogP contribution in [-0.4, -0.2) is 47.2 Å². The number of aryl methyl sites for hydroxylation is 2. The second-order valence-corrected chi connectivity index (χ2v) is 7.92. The quantitative estimate of drug-likeness (QED) is 0.583. The number of benzene rings is 2. The van der Waals surface area contributed by atoms with Gasteiger partial charge in [0.1, 0.15) is 11.9 Å². The first-order valence-corrected chi connectivity index (χ1v) is 10.4. The number of hydrogen-bond donors (Lipinski definition) is 1. The fourth-order valence-electron chi connectivity index (χ4n) is 3.37. The lowest BCUT2D eigenvalue weighted by molar-refractivity contribution is -0.128. The SMILES string of the molecule is CC(Oc1ccc2cc(CCC(=O)N(C)C)ccc2c1)C(O)CCc1cccnc1. The molecular formula is C25H30N2O3. The minimum atomic E-state index is -0.558. The highest BCUT2D eigenvalue weighted by Crippen LogP contribution is 2.24. The summed E-state index contributed by atoms with van der Waals surface area (Å²) in [6.45, 7) is 1.89. The molecule has 3 aromatic rings. The van der Waals surface area contributed by atoms with Crippen LogP contribution in [0, 0.1) is 0 Å². The van der Waals surface area contributed by atoms with Crippen molar-refractivity contribution in [2.75, 3.05) is 14.1 Å². The maximum Gasteiger partial charge on any atom is 0.222 e. The van der Waals surface area contributed by atoms with E-state index in [1.807, 2.05) is 43.5 Å². The zero-order valence-electron chi connectivity index (χ0n) is 17.9. The molecule has 0 saturated carbocycles. The van der Waals surface area contributed by atoms with E-state index in [1.165, 1.54) is 0 Å². The third-order valence-corrected chi connectivity index (χ3v) is 5.32. The van der Waals surface area contributed by atoms with Crippen molar-refractivity contribution in [1.82, 2.24) is 9.88 Å². The van der Waals surface area contributed by atoms with Gasteiger partial charge in [-0.1, -0.05) is 30.3 Å². The highest BCUT2D eigenvalue weighted by molar-refractivity contribution is 5.84. The topological polar surface area (TPSA) is 62.7 Å². The Morgan fingerprint density at radius 3 is 2.57 bits per heavy atom. The average molecular weight is 407 g/mol. The van der Waals surface area contributed by atoms with Gasteiger partial charge in [-0.25, -0.2) is 0 Å². The smallest absolute Gasteiger partial charge is 0.222 e. The minimum absolute atomic E-state index is 0.134. The van der Waals surface area contributed by atoms with Crippen LogP contribution in [0.3, 0.4) is 0 Å². The van der Waals surface area contributed by atoms with E-state index in [4.69, 9.17) is 4.74 Å². The lowest BCUT2D eigenvalue weighted by Gasteiger charge is -2.21. The summed E-state index contributed by atoms with van der Waals surface area (Å²) in [4.78, 5) is 17.5. The molecule has 0 aliphatic heterocycles. The number of amides is 1. The van der Waals surface area contributed by atoms with Crippen molar-refractivity contribution in [3.63, 3.8) is 0 Å². The van der Waals surface area contributed by atoms with Crippen LogP contribution in [0.2, 0.25) is 0 Å². The molecule has 1 amide bonds. The van der Waals surface area contributed by atoms with Crippen molar-refractivity contribution >= 4 is 16.7 Å². The summed E-state index contributed by atoms with van der Waals surface area (Å²) < 4.78 is 5.99. The third kappa shape index (κ3) is 6.04. The van der Waals surface area contributed by atoms with Gasteiger partial charge < -0.3 is 14.7 Å². The Morgan fingerprint density at radius 1 is 1.07 bits per heavy atom. The first-order chi connectivity index (χ1) is 14.4. The number of pyridine rings is 1. The van der Waals surface area contributed by atoms with Crippen LogP contribution in [-0.2, 0) is 17.6 Å². The van der Waals surface area contributed by atoms with Gasteiger partial charge in [0.2, 0.25) is 5.91 Å². The maximum absolute atomic E-state index is 11.8. The second-order valence-electron chi connectivity index (χ2n) is 7.92. The summed E-state index contributed by atoms with van der Waals surface area (Å²) in [5, 5.41) is 12.6. The predicted octanol–water partition coefficient (Wildman–Crippen LogP) is 4.02. The van der Waals surface area contributed by atoms with E-state index in [2.05, 4.69) is 23.2 Å². The molecule has 0 aliphatic rings. The molecule has 0 bridgehead atoms. The molecule has 158 valence electrons. The molecule has 0 aliphatic carbocycles. The van der Waals surface area contributed by atoms with E-state index in [9.17, 15) is 9.90 Å². The van der Waals surface area contributed by atoms with E-state index < -0.39 is 6.10 Å². The van der Waals surface area contributed by atoms with Gasteiger partial charge in [-0.3, -0.25) is 9.78 Å². The van der Waals surface area contributed by atoms with E-state index in [0.717, 1.165) is 40.5 Å². The summed E-state index contributed by atoms with van der Waals surface area (Å²) in [6, 6.07) is 16.1. The Morgan fingerprint density at radius 2 is 1.83 bits per heavy atom. The number of aliphatic hydroxyl groups excluding tert-OH is 1. The van der Waals surface area contributed by atoms with Gasteiger partial charge in [-0.05, 0) is 66.3 Å². The number of carbonyl (C=O) groups excluding carboxylic acids is 1. The first-order valence-electron chi connectivity index (χ1n) is 10.4. The zero-order chi connectivity index (χ0) is 21.5. The van der Waals surface area contributed by atoms with Crippen LogP contribution in [0.15, 0.2) is 60.9 Å². The highest BCUT2D eigenvalue weighted by Gasteiger charge is 2.16. The molecule has 0 spiro atoms. The number of fused-ring (bicyclic) bond motifs is 1. The van der Waals surface area contributed by atoms with Gasteiger partial charge in [0.05, 0.1) is 6.10 Å². The van der Waals surface area contributed by atoms with Gasteiger partial charge in [-0.2, -0.15) is 0 Å². The molecule has 0 radical (unpaired) electrons. The number of aliphatic hydroxyl groups is 1. The Bertz CT molecular complexity index is 973. The Kier molecular flexibility index (Phi) is 7.41. The predicted molar refractivity (Wildman–Crippen MR) is 120 cm³/mol. The largest absolute Gasteiger partial charge is 0.488 e. The molecule has 1 heterocycles. The fraction of sp³-hybridized carbons (Fsp3) is 0.360. The van der Waals surface area contributed by atoms with E-state index in [1.54, 1.807) is 25.2 Å². The van der Waals surface area contributed by atoms with E-state index in [0.29, 0.717) is 12.8 Å². The van der Waals surface area contributed by atoms with E-state index >= 15 is 0 Å². The van der Waals surface area contributed by atoms with Gasteiger partial charge in [0.15, 0.2) is 0 Å². The standard InChI is InChI=1S/C25H30N2O3/c1-18(24(28)12-7-20-5-4-14-26-17-20)30-23-11-10-21-15-19(6-9-22(21)16-23)8-13-25(29)27(2)3/h4-6,9-11,14-18,24,28H,7-8,12-13H2,1-3H3. The van der Waals surface area contributed by atoms with Gasteiger partial charge in [0, 0.05) is 32.9 Å². The maximum atomic E-state index is 11.8. The van der Waals surface area contributed by atoms with Crippen LogP contribution in [0.4, 0.5) is 0 Å². The number of ether oxygens (including phenoxy) is 1. The zero-order valence-corrected chi connectivity index (χ0v) is 17.9. The molecule has 5 nitrogen and oxygen atoms in total. The van der Waals surface area contributed by atoms with Crippen molar-refractivity contribution in [3.8, 4) is 5.75 Å². The molecule has 0 saturated heterocycles. The van der Waals surface area contributed by atoms with Crippen molar-refractivity contribution in [2.45, 2.75) is 44.8 Å². The molecule has 3 rings (SSSR count). The normalized spacial score (nSPS) is 13.1. The Labute approximate surface area is 178 Å². The van der Waals surface area contributed by atoms with Gasteiger partial charge >= 0.3 is 0 Å². The molecule has 1 N–H and O–H groups in total. The van der Waals surface area contributed by atoms with Crippen molar-refractivity contribution < 1.29 is 14.6 Å². The molecule has 0 fully saturated rings. The molecule has 1 aromatic heterocycles. The van der Waals surface area contributed by atoms with Crippen LogP contribution >= 0.6 is 0 Å². The van der Waals surface area contributed by atoms with Crippen molar-refractivity contribution in [3.05, 3.63) is 72.1 Å². The van der Waals surface area contributed by atoms with E-state index in [-0.39, 0.29) is 12.0 Å². The second kappa shape index (κ2) is 10.2. The number of aromatic nitrogens is 1. The first kappa shape index (κ1) is 21.8. The van der Waals surface area contributed by atoms with Crippen LogP contribution in [0.5, 0.6) is 5.75 Å². The van der Waals surface area contributed by atoms with Gasteiger partial charge in [0.25, 0.3) is 0 Å². The molecule has 30 heavy (non-hydrogen) atoms. The monoisotopic (exact) mass is 406 g/mol. The number of carbonyl (C=O) groups is 1. The lowest BCUT2D eigenvalue weighted by atomic mass is 10.0. The minimum Gasteiger partial charge on any atom is -0.488 e. The molecule has 5 heteroatoms. The summed E-state index contributed by atoms with van der Waals surface area (Å²) in [6.07, 6.45) is 5.33. The van der Waals surface area contributed by atoms with Crippen molar-refractivity contribution in [2.24, 2.45) is 0 Å². The highest BCUT2D eigenvalue weighted by atomic mass is 16.5. The lowest BCUT2D eigenvalue weighted by Crippen LogP contribution is -2.29. The molecule has 2 aromatic carbocycles. The van der Waals surface area contributed by atoms with Crippen LogP contribution in [0.25, 0.3) is 10.8 Å². The average Bonchev–Trinajstić information content (AvgIpc) is 2.76. The summed E-state index contributed by atoms with van der Waals surface area (Å²) in [7, 11) is 3.56. The third-order valence-electron chi connectivity index (χ3n) is 5.32. The summed E-state index contributed by atoms with van der Waals surface area (Å²) >= 11 is 0. The summed E-state index contributed by atoms with van der Waals surface area (Å²) in [5.74, 6) is 0.876. The molecule has 2 unspecified atom stereocenters. The molecular weight excluding hydrogens is 376 g/mol. The summed E-state index contributed by atoms with van der Waals surface area (Å²) in [5.41, 5.74) is 2.25. The fourth-order valence-corrected chi connectivity index (χ4v) is 3.37.